The summed E-state index contributed by atoms with van der Waals surface area (Å²) in [4.78, 5) is 18.7. The fraction of sp³-hybridized carbons (Fsp3) is 0.0750. The molecule has 2 aliphatic heterocycles. The molecule has 0 radical (unpaired) electrons. The van der Waals surface area contributed by atoms with Crippen molar-refractivity contribution in [3.8, 4) is 0 Å². The molecule has 0 aliphatic carbocycles. The van der Waals surface area contributed by atoms with E-state index in [-0.39, 0.29) is 5.91 Å². The fourth-order valence-corrected chi connectivity index (χ4v) is 6.82. The average molecular weight is 571 g/mol. The number of amides is 1. The number of benzene rings is 6. The second-order valence-electron chi connectivity index (χ2n) is 11.4. The normalized spacial score (nSPS) is 16.5. The van der Waals surface area contributed by atoms with Crippen LogP contribution in [0.25, 0.3) is 32.9 Å². The molecule has 1 atom stereocenters. The molecular formula is C40H30N2O2. The molecular weight excluding hydrogens is 540 g/mol. The van der Waals surface area contributed by atoms with Crippen molar-refractivity contribution in [3.05, 3.63) is 179 Å². The molecule has 6 aromatic carbocycles. The number of hydrogen-bond acceptors (Lipinski definition) is 3. The molecule has 1 amide bonds. The fourth-order valence-electron chi connectivity index (χ4n) is 6.82. The van der Waals surface area contributed by atoms with Crippen LogP contribution >= 0.6 is 0 Å². The van der Waals surface area contributed by atoms with Crippen LogP contribution in [0, 0.1) is 0 Å². The molecule has 0 saturated carbocycles. The van der Waals surface area contributed by atoms with Crippen LogP contribution in [-0.4, -0.2) is 27.0 Å². The highest BCUT2D eigenvalue weighted by atomic mass is 16.3. The number of nitrogens with zero attached hydrogens (tertiary/aromatic N) is 2. The highest BCUT2D eigenvalue weighted by Gasteiger charge is 2.49. The minimum Gasteiger partial charge on any atom is -0.369 e. The molecule has 212 valence electrons. The Bertz CT molecular complexity index is 2100. The molecule has 8 rings (SSSR count). The van der Waals surface area contributed by atoms with Crippen LogP contribution in [0.4, 0.5) is 0 Å². The third-order valence-corrected chi connectivity index (χ3v) is 8.80. The third-order valence-electron chi connectivity index (χ3n) is 8.80. The van der Waals surface area contributed by atoms with Gasteiger partial charge in [-0.05, 0) is 32.7 Å². The van der Waals surface area contributed by atoms with E-state index in [9.17, 15) is 9.90 Å². The predicted molar refractivity (Wildman–Crippen MR) is 177 cm³/mol. The Hall–Kier alpha value is -5.45. The van der Waals surface area contributed by atoms with Gasteiger partial charge in [0, 0.05) is 23.2 Å². The van der Waals surface area contributed by atoms with E-state index in [4.69, 9.17) is 0 Å². The highest BCUT2D eigenvalue weighted by molar-refractivity contribution is 6.19. The van der Waals surface area contributed by atoms with E-state index >= 15 is 0 Å². The van der Waals surface area contributed by atoms with Crippen molar-refractivity contribution in [2.45, 2.75) is 19.3 Å². The van der Waals surface area contributed by atoms with Gasteiger partial charge in [0.25, 0.3) is 5.91 Å². The Balaban J connectivity index is 1.43. The Morgan fingerprint density at radius 1 is 0.523 bits per heavy atom. The van der Waals surface area contributed by atoms with Gasteiger partial charge >= 0.3 is 0 Å². The van der Waals surface area contributed by atoms with Crippen molar-refractivity contribution in [1.29, 1.82) is 0 Å². The van der Waals surface area contributed by atoms with Gasteiger partial charge in [-0.15, -0.1) is 0 Å². The molecule has 0 bridgehead atoms. The lowest BCUT2D eigenvalue weighted by Crippen LogP contribution is -2.32. The van der Waals surface area contributed by atoms with Crippen LogP contribution in [0.1, 0.15) is 22.3 Å². The SMILES string of the molecule is O=C1C2=C(c3cccc4ccccc34)N(Cc3ccccc3)C(O)C2=C(c2cccc3ccccc23)N1Cc1ccccc1. The molecule has 2 aliphatic rings. The zero-order valence-electron chi connectivity index (χ0n) is 24.1. The molecule has 1 N–H and O–H groups in total. The van der Waals surface area contributed by atoms with Crippen LogP contribution in [0.3, 0.4) is 0 Å². The summed E-state index contributed by atoms with van der Waals surface area (Å²) in [5.74, 6) is -0.0932. The molecule has 1 unspecified atom stereocenters. The molecule has 0 saturated heterocycles. The van der Waals surface area contributed by atoms with Crippen LogP contribution in [0.5, 0.6) is 0 Å². The zero-order valence-corrected chi connectivity index (χ0v) is 24.1. The van der Waals surface area contributed by atoms with Crippen molar-refractivity contribution in [3.63, 3.8) is 0 Å². The standard InChI is InChI=1S/C40H30N2O2/c43-39-36-35(37(41(39)25-27-13-3-1-4-14-27)33-23-11-19-29-17-7-9-21-31(29)33)40(44)42(26-28-15-5-2-6-16-28)38(36)34-24-12-20-30-18-8-10-22-32(30)34/h1-24,39,43H,25-26H2. The van der Waals surface area contributed by atoms with E-state index < -0.39 is 6.23 Å². The molecule has 0 aromatic heterocycles. The Morgan fingerprint density at radius 2 is 1.00 bits per heavy atom. The van der Waals surface area contributed by atoms with Gasteiger partial charge in [0.15, 0.2) is 6.23 Å². The Labute approximate surface area is 256 Å². The monoisotopic (exact) mass is 570 g/mol. The highest BCUT2D eigenvalue weighted by Crippen LogP contribution is 2.51. The van der Waals surface area contributed by atoms with Gasteiger partial charge in [-0.3, -0.25) is 4.79 Å². The zero-order chi connectivity index (χ0) is 29.6. The summed E-state index contributed by atoms with van der Waals surface area (Å²) >= 11 is 0. The molecule has 4 nitrogen and oxygen atoms in total. The lowest BCUT2D eigenvalue weighted by Gasteiger charge is -2.30. The first-order valence-corrected chi connectivity index (χ1v) is 15.0. The molecule has 4 heteroatoms. The number of hydrogen-bond donors (Lipinski definition) is 1. The number of aliphatic hydroxyl groups excluding tert-OH is 1. The van der Waals surface area contributed by atoms with E-state index in [1.807, 2.05) is 94.7 Å². The van der Waals surface area contributed by atoms with Crippen molar-refractivity contribution < 1.29 is 9.90 Å². The number of carbonyl (C=O) groups is 1. The van der Waals surface area contributed by atoms with Gasteiger partial charge in [-0.2, -0.15) is 0 Å². The van der Waals surface area contributed by atoms with Crippen LogP contribution in [0.2, 0.25) is 0 Å². The minimum absolute atomic E-state index is 0.0932. The van der Waals surface area contributed by atoms with Gasteiger partial charge in [0.1, 0.15) is 0 Å². The van der Waals surface area contributed by atoms with E-state index in [1.54, 1.807) is 0 Å². The number of carbonyl (C=O) groups excluding carboxylic acids is 1. The number of fused-ring (bicyclic) bond motifs is 3. The number of rotatable bonds is 6. The van der Waals surface area contributed by atoms with Crippen LogP contribution in [0.15, 0.2) is 157 Å². The molecule has 44 heavy (non-hydrogen) atoms. The summed E-state index contributed by atoms with van der Waals surface area (Å²) in [6.45, 7) is 0.863. The van der Waals surface area contributed by atoms with Crippen molar-refractivity contribution >= 4 is 38.8 Å². The van der Waals surface area contributed by atoms with Gasteiger partial charge in [0.05, 0.1) is 23.5 Å². The molecule has 6 aromatic rings. The minimum atomic E-state index is -1.02. The Morgan fingerprint density at radius 3 is 1.59 bits per heavy atom. The van der Waals surface area contributed by atoms with Gasteiger partial charge in [-0.25, -0.2) is 0 Å². The number of aliphatic hydroxyl groups is 1. The maximum Gasteiger partial charge on any atom is 0.261 e. The predicted octanol–water partition coefficient (Wildman–Crippen LogP) is 7.99. The lowest BCUT2D eigenvalue weighted by molar-refractivity contribution is -0.123. The average Bonchev–Trinajstić information content (AvgIpc) is 3.51. The summed E-state index contributed by atoms with van der Waals surface area (Å²) in [5.41, 5.74) is 6.75. The van der Waals surface area contributed by atoms with Crippen molar-refractivity contribution in [2.75, 3.05) is 0 Å². The topological polar surface area (TPSA) is 43.8 Å². The smallest absolute Gasteiger partial charge is 0.261 e. The summed E-state index contributed by atoms with van der Waals surface area (Å²) < 4.78 is 0. The summed E-state index contributed by atoms with van der Waals surface area (Å²) in [6.07, 6.45) is -1.02. The molecule has 0 fully saturated rings. The lowest BCUT2D eigenvalue weighted by atomic mass is 9.96. The van der Waals surface area contributed by atoms with Crippen LogP contribution in [-0.2, 0) is 17.9 Å². The van der Waals surface area contributed by atoms with Gasteiger partial charge < -0.3 is 14.9 Å². The first kappa shape index (κ1) is 26.2. The van der Waals surface area contributed by atoms with Gasteiger partial charge in [0.2, 0.25) is 0 Å². The van der Waals surface area contributed by atoms with Gasteiger partial charge in [-0.1, -0.05) is 146 Å². The van der Waals surface area contributed by atoms with Crippen molar-refractivity contribution in [2.24, 2.45) is 0 Å². The largest absolute Gasteiger partial charge is 0.369 e. The first-order chi connectivity index (χ1) is 21.7. The first-order valence-electron chi connectivity index (χ1n) is 15.0. The second-order valence-corrected chi connectivity index (χ2v) is 11.4. The van der Waals surface area contributed by atoms with Crippen molar-refractivity contribution in [1.82, 2.24) is 9.80 Å². The summed E-state index contributed by atoms with van der Waals surface area (Å²) in [5, 5.41) is 16.6. The quantitative estimate of drug-likeness (QED) is 0.221. The third kappa shape index (κ3) is 4.23. The molecule has 0 spiro atoms. The van der Waals surface area contributed by atoms with E-state index in [1.165, 1.54) is 0 Å². The van der Waals surface area contributed by atoms with E-state index in [0.717, 1.165) is 55.2 Å². The molecule has 2 heterocycles. The summed E-state index contributed by atoms with van der Waals surface area (Å²) in [7, 11) is 0. The van der Waals surface area contributed by atoms with E-state index in [0.29, 0.717) is 24.2 Å². The Kier molecular flexibility index (Phi) is 6.36. The van der Waals surface area contributed by atoms with E-state index in [2.05, 4.69) is 60.7 Å². The summed E-state index contributed by atoms with van der Waals surface area (Å²) in [6, 6.07) is 49.1. The maximum absolute atomic E-state index is 14.9. The van der Waals surface area contributed by atoms with Crippen LogP contribution < -0.4 is 0 Å². The maximum atomic E-state index is 14.9. The second kappa shape index (κ2) is 10.7.